The zero-order chi connectivity index (χ0) is 22.3. The summed E-state index contributed by atoms with van der Waals surface area (Å²) in [6.45, 7) is 4.17. The topological polar surface area (TPSA) is 100 Å². The molecule has 1 heterocycles. The van der Waals surface area contributed by atoms with Crippen molar-refractivity contribution in [3.63, 3.8) is 0 Å². The third-order valence-electron chi connectivity index (χ3n) is 4.66. The molecule has 2 amide bonds. The Morgan fingerprint density at radius 1 is 1.13 bits per heavy atom. The Labute approximate surface area is 174 Å². The van der Waals surface area contributed by atoms with E-state index >= 15 is 0 Å². The van der Waals surface area contributed by atoms with Crippen LogP contribution < -0.4 is 16.4 Å². The molecule has 0 spiro atoms. The lowest BCUT2D eigenvalue weighted by molar-refractivity contribution is -0.129. The minimum atomic E-state index is -1.01. The molecular weight excluding hydrogens is 392 g/mol. The maximum atomic E-state index is 13.6. The van der Waals surface area contributed by atoms with E-state index in [4.69, 9.17) is 5.73 Å². The lowest BCUT2D eigenvalue weighted by atomic mass is 10.0. The van der Waals surface area contributed by atoms with Gasteiger partial charge < -0.3 is 16.4 Å². The van der Waals surface area contributed by atoms with Gasteiger partial charge in [0, 0.05) is 25.2 Å². The van der Waals surface area contributed by atoms with Gasteiger partial charge in [-0.15, -0.1) is 0 Å². The second-order valence-electron chi connectivity index (χ2n) is 7.39. The van der Waals surface area contributed by atoms with Crippen LogP contribution in [0.3, 0.4) is 0 Å². The van der Waals surface area contributed by atoms with Crippen molar-refractivity contribution >= 4 is 17.6 Å². The van der Waals surface area contributed by atoms with Crippen molar-refractivity contribution in [3.8, 4) is 0 Å². The van der Waals surface area contributed by atoms with Gasteiger partial charge in [0.15, 0.2) is 11.6 Å². The van der Waals surface area contributed by atoms with Crippen molar-refractivity contribution in [2.45, 2.75) is 38.9 Å². The SMILES string of the molecule is CC(C)N(C)CC(=O)NC(Cc1ccc(F)c(F)c1)C(=O)NCc1ccc(N)nc1. The van der Waals surface area contributed by atoms with Crippen molar-refractivity contribution in [1.29, 1.82) is 0 Å². The summed E-state index contributed by atoms with van der Waals surface area (Å²) in [5.41, 5.74) is 6.67. The van der Waals surface area contributed by atoms with E-state index < -0.39 is 23.6 Å². The second kappa shape index (κ2) is 10.6. The highest BCUT2D eigenvalue weighted by atomic mass is 19.2. The maximum Gasteiger partial charge on any atom is 0.243 e. The average Bonchev–Trinajstić information content (AvgIpc) is 2.69. The summed E-state index contributed by atoms with van der Waals surface area (Å²) in [6, 6.07) is 5.93. The highest BCUT2D eigenvalue weighted by Gasteiger charge is 2.22. The first-order valence-corrected chi connectivity index (χ1v) is 9.57. The standard InChI is InChI=1S/C21H27F2N5O2/c1-13(2)28(3)12-20(29)27-18(9-14-4-6-16(22)17(23)8-14)21(30)26-11-15-5-7-19(24)25-10-15/h4-8,10,13,18H,9,11-12H2,1-3H3,(H2,24,25)(H,26,30)(H,27,29). The summed E-state index contributed by atoms with van der Waals surface area (Å²) in [7, 11) is 1.79. The van der Waals surface area contributed by atoms with Crippen LogP contribution in [-0.4, -0.2) is 47.4 Å². The first kappa shape index (κ1) is 23.2. The van der Waals surface area contributed by atoms with Crippen molar-refractivity contribution in [2.24, 2.45) is 0 Å². The van der Waals surface area contributed by atoms with Gasteiger partial charge in [0.25, 0.3) is 0 Å². The minimum absolute atomic E-state index is 0.0140. The molecule has 0 saturated carbocycles. The Morgan fingerprint density at radius 3 is 2.43 bits per heavy atom. The molecule has 162 valence electrons. The highest BCUT2D eigenvalue weighted by Crippen LogP contribution is 2.11. The van der Waals surface area contributed by atoms with Gasteiger partial charge in [-0.3, -0.25) is 14.5 Å². The molecule has 1 unspecified atom stereocenters. The number of halogens is 2. The number of rotatable bonds is 9. The predicted molar refractivity (Wildman–Crippen MR) is 110 cm³/mol. The number of nitrogen functional groups attached to an aromatic ring is 1. The number of amides is 2. The van der Waals surface area contributed by atoms with Crippen molar-refractivity contribution in [2.75, 3.05) is 19.3 Å². The van der Waals surface area contributed by atoms with E-state index in [-0.39, 0.29) is 31.5 Å². The Morgan fingerprint density at radius 2 is 1.83 bits per heavy atom. The third kappa shape index (κ3) is 7.07. The number of benzene rings is 1. The fraction of sp³-hybridized carbons (Fsp3) is 0.381. The summed E-state index contributed by atoms with van der Waals surface area (Å²) in [5.74, 6) is -2.41. The predicted octanol–water partition coefficient (Wildman–Crippen LogP) is 1.63. The monoisotopic (exact) mass is 419 g/mol. The molecule has 1 atom stereocenters. The van der Waals surface area contributed by atoms with Crippen molar-refractivity contribution in [1.82, 2.24) is 20.5 Å². The number of aromatic nitrogens is 1. The van der Waals surface area contributed by atoms with E-state index in [9.17, 15) is 18.4 Å². The molecular formula is C21H27F2N5O2. The van der Waals surface area contributed by atoms with E-state index in [2.05, 4.69) is 15.6 Å². The quantitative estimate of drug-likeness (QED) is 0.574. The van der Waals surface area contributed by atoms with Crippen molar-refractivity contribution < 1.29 is 18.4 Å². The minimum Gasteiger partial charge on any atom is -0.384 e. The van der Waals surface area contributed by atoms with Gasteiger partial charge in [-0.25, -0.2) is 13.8 Å². The molecule has 1 aromatic carbocycles. The first-order valence-electron chi connectivity index (χ1n) is 9.57. The average molecular weight is 419 g/mol. The summed E-state index contributed by atoms with van der Waals surface area (Å²) in [5, 5.41) is 5.42. The fourth-order valence-electron chi connectivity index (χ4n) is 2.61. The number of anilines is 1. The van der Waals surface area contributed by atoms with Crippen LogP contribution in [0, 0.1) is 11.6 Å². The number of hydrogen-bond donors (Lipinski definition) is 3. The van der Waals surface area contributed by atoms with Crippen LogP contribution in [0.2, 0.25) is 0 Å². The van der Waals surface area contributed by atoms with Gasteiger partial charge in [0.2, 0.25) is 11.8 Å². The largest absolute Gasteiger partial charge is 0.384 e. The lowest BCUT2D eigenvalue weighted by Gasteiger charge is -2.23. The summed E-state index contributed by atoms with van der Waals surface area (Å²) in [6.07, 6.45) is 1.55. The zero-order valence-electron chi connectivity index (χ0n) is 17.3. The molecule has 1 aromatic heterocycles. The molecule has 0 aliphatic rings. The molecule has 0 radical (unpaired) electrons. The van der Waals surface area contributed by atoms with Gasteiger partial charge in [0.05, 0.1) is 6.54 Å². The van der Waals surface area contributed by atoms with E-state index in [0.717, 1.165) is 17.7 Å². The van der Waals surface area contributed by atoms with Crippen LogP contribution >= 0.6 is 0 Å². The number of nitrogens with two attached hydrogens (primary N) is 1. The molecule has 2 aromatic rings. The summed E-state index contributed by atoms with van der Waals surface area (Å²) in [4.78, 5) is 30.9. The number of pyridine rings is 1. The van der Waals surface area contributed by atoms with Crippen LogP contribution in [0.1, 0.15) is 25.0 Å². The Hall–Kier alpha value is -3.07. The van der Waals surface area contributed by atoms with Crippen LogP contribution in [0.15, 0.2) is 36.5 Å². The molecule has 2 rings (SSSR count). The lowest BCUT2D eigenvalue weighted by Crippen LogP contribution is -2.50. The van der Waals surface area contributed by atoms with Gasteiger partial charge in [-0.2, -0.15) is 0 Å². The van der Waals surface area contributed by atoms with Crippen LogP contribution in [0.4, 0.5) is 14.6 Å². The molecule has 30 heavy (non-hydrogen) atoms. The number of hydrogen-bond acceptors (Lipinski definition) is 5. The molecule has 7 nitrogen and oxygen atoms in total. The number of likely N-dealkylation sites (N-methyl/N-ethyl adjacent to an activating group) is 1. The smallest absolute Gasteiger partial charge is 0.243 e. The van der Waals surface area contributed by atoms with Gasteiger partial charge >= 0.3 is 0 Å². The molecule has 0 aliphatic carbocycles. The van der Waals surface area contributed by atoms with E-state index in [1.54, 1.807) is 19.2 Å². The normalized spacial score (nSPS) is 12.1. The van der Waals surface area contributed by atoms with E-state index in [1.165, 1.54) is 12.3 Å². The van der Waals surface area contributed by atoms with Gasteiger partial charge in [0.1, 0.15) is 11.9 Å². The third-order valence-corrected chi connectivity index (χ3v) is 4.66. The second-order valence-corrected chi connectivity index (χ2v) is 7.39. The van der Waals surface area contributed by atoms with Gasteiger partial charge in [-0.1, -0.05) is 12.1 Å². The van der Waals surface area contributed by atoms with E-state index in [1.807, 2.05) is 18.7 Å². The molecule has 0 saturated heterocycles. The fourth-order valence-corrected chi connectivity index (χ4v) is 2.61. The zero-order valence-corrected chi connectivity index (χ0v) is 17.3. The Balaban J connectivity index is 2.09. The summed E-state index contributed by atoms with van der Waals surface area (Å²) >= 11 is 0. The number of nitrogens with one attached hydrogen (secondary N) is 2. The van der Waals surface area contributed by atoms with Gasteiger partial charge in [-0.05, 0) is 50.2 Å². The molecule has 4 N–H and O–H groups in total. The molecule has 0 aliphatic heterocycles. The number of nitrogens with zero attached hydrogens (tertiary/aromatic N) is 2. The first-order chi connectivity index (χ1) is 14.2. The number of carbonyl (C=O) groups is 2. The van der Waals surface area contributed by atoms with Crippen molar-refractivity contribution in [3.05, 3.63) is 59.3 Å². The maximum absolute atomic E-state index is 13.6. The Bertz CT molecular complexity index is 874. The van der Waals surface area contributed by atoms with Crippen LogP contribution in [0.25, 0.3) is 0 Å². The van der Waals surface area contributed by atoms with E-state index in [0.29, 0.717) is 11.4 Å². The molecule has 0 bridgehead atoms. The molecule has 0 fully saturated rings. The Kier molecular flexibility index (Phi) is 8.23. The summed E-state index contributed by atoms with van der Waals surface area (Å²) < 4.78 is 26.8. The highest BCUT2D eigenvalue weighted by molar-refractivity contribution is 5.88. The van der Waals surface area contributed by atoms with Crippen LogP contribution in [0.5, 0.6) is 0 Å². The van der Waals surface area contributed by atoms with Crippen LogP contribution in [-0.2, 0) is 22.6 Å². The molecule has 9 heteroatoms. The number of carbonyl (C=O) groups excluding carboxylic acids is 2.